The molecule has 0 saturated heterocycles. The highest BCUT2D eigenvalue weighted by Crippen LogP contribution is 2.31. The molecule has 0 bridgehead atoms. The molecule has 0 atom stereocenters. The van der Waals surface area contributed by atoms with Crippen LogP contribution in [0.25, 0.3) is 6.08 Å². The average Bonchev–Trinajstić information content (AvgIpc) is 3.03. The van der Waals surface area contributed by atoms with Gasteiger partial charge in [0.2, 0.25) is 5.17 Å². The lowest BCUT2D eigenvalue weighted by molar-refractivity contribution is -0.114. The van der Waals surface area contributed by atoms with Crippen molar-refractivity contribution in [3.63, 3.8) is 0 Å². The van der Waals surface area contributed by atoms with E-state index in [2.05, 4.69) is 26.0 Å². The zero-order valence-electron chi connectivity index (χ0n) is 13.7. The van der Waals surface area contributed by atoms with Crippen molar-refractivity contribution in [2.75, 3.05) is 0 Å². The maximum Gasteiger partial charge on any atom is 0.283 e. The highest BCUT2D eigenvalue weighted by molar-refractivity contribution is 9.10. The lowest BCUT2D eigenvalue weighted by Gasteiger charge is -2.20. The molecule has 0 aromatic heterocycles. The number of benzene rings is 2. The number of halogens is 1. The number of nitrogens with one attached hydrogen (secondary N) is 1. The number of rotatable bonds is 2. The lowest BCUT2D eigenvalue weighted by atomic mass is 10.1. The maximum absolute atomic E-state index is 12.4. The molecule has 0 fully saturated rings. The number of hydrogen-bond acceptors (Lipinski definition) is 4. The van der Waals surface area contributed by atoms with E-state index >= 15 is 0 Å². The first-order chi connectivity index (χ1) is 12.5. The van der Waals surface area contributed by atoms with Crippen molar-refractivity contribution < 1.29 is 4.79 Å². The second kappa shape index (κ2) is 6.66. The number of carbonyl (C=O) groups excluding carboxylic acids is 1. The van der Waals surface area contributed by atoms with Gasteiger partial charge in [0, 0.05) is 10.0 Å². The van der Waals surface area contributed by atoms with Crippen molar-refractivity contribution in [1.82, 2.24) is 5.01 Å². The molecule has 7 heteroatoms. The minimum atomic E-state index is -0.422. The first kappa shape index (κ1) is 16.9. The van der Waals surface area contributed by atoms with Crippen LogP contribution in [0, 0.1) is 12.3 Å². The number of nitrogens with zero attached hydrogens (tertiary/aromatic N) is 3. The van der Waals surface area contributed by atoms with Crippen LogP contribution in [0.15, 0.2) is 68.7 Å². The molecule has 2 aromatic carbocycles. The van der Waals surface area contributed by atoms with E-state index in [0.717, 1.165) is 26.2 Å². The van der Waals surface area contributed by atoms with Gasteiger partial charge in [-0.25, -0.2) is 0 Å². The molecule has 2 aliphatic rings. The van der Waals surface area contributed by atoms with Crippen LogP contribution in [0.1, 0.15) is 16.7 Å². The van der Waals surface area contributed by atoms with E-state index in [1.54, 1.807) is 6.08 Å². The van der Waals surface area contributed by atoms with Gasteiger partial charge in [-0.15, -0.1) is 0 Å². The molecule has 1 N–H and O–H groups in total. The minimum Gasteiger partial charge on any atom is -0.282 e. The quantitative estimate of drug-likeness (QED) is 0.725. The highest BCUT2D eigenvalue weighted by atomic mass is 79.9. The van der Waals surface area contributed by atoms with Gasteiger partial charge in [0.1, 0.15) is 5.04 Å². The number of carbonyl (C=O) groups is 1. The van der Waals surface area contributed by atoms with Gasteiger partial charge in [-0.3, -0.25) is 10.2 Å². The number of amidine groups is 2. The molecule has 2 aromatic rings. The first-order valence-electron chi connectivity index (χ1n) is 7.84. The Hall–Kier alpha value is -2.51. The number of aryl methyl sites for hydroxylation is 1. The van der Waals surface area contributed by atoms with Crippen molar-refractivity contribution in [3.05, 3.63) is 75.3 Å². The smallest absolute Gasteiger partial charge is 0.282 e. The molecule has 1 amide bonds. The molecule has 0 unspecified atom stereocenters. The summed E-state index contributed by atoms with van der Waals surface area (Å²) < 4.78 is 0.905. The number of amides is 1. The number of fused-ring (bicyclic) bond motifs is 1. The van der Waals surface area contributed by atoms with Crippen molar-refractivity contribution in [1.29, 1.82) is 5.41 Å². The molecular weight excluding hydrogens is 412 g/mol. The standard InChI is InChI=1S/C19H13BrN4OS/c1-11-5-7-13(8-6-11)18-23-24-16(21)15(17(25)22-19(24)26-18)10-12-3-2-4-14(20)9-12/h2-10,21H,1H3/b15-10-,21-16?. The molecule has 5 nitrogen and oxygen atoms in total. The fourth-order valence-electron chi connectivity index (χ4n) is 2.57. The van der Waals surface area contributed by atoms with Crippen molar-refractivity contribution >= 4 is 55.7 Å². The summed E-state index contributed by atoms with van der Waals surface area (Å²) in [4.78, 5) is 16.5. The van der Waals surface area contributed by atoms with Gasteiger partial charge in [0.15, 0.2) is 5.84 Å². The fourth-order valence-corrected chi connectivity index (χ4v) is 3.88. The third-order valence-electron chi connectivity index (χ3n) is 3.91. The van der Waals surface area contributed by atoms with Gasteiger partial charge in [0.05, 0.1) is 5.57 Å². The van der Waals surface area contributed by atoms with Crippen LogP contribution in [-0.2, 0) is 4.79 Å². The highest BCUT2D eigenvalue weighted by Gasteiger charge is 2.35. The van der Waals surface area contributed by atoms with E-state index in [9.17, 15) is 4.79 Å². The van der Waals surface area contributed by atoms with Crippen molar-refractivity contribution in [2.24, 2.45) is 10.1 Å². The summed E-state index contributed by atoms with van der Waals surface area (Å²) in [5.74, 6) is -0.385. The van der Waals surface area contributed by atoms with E-state index in [1.165, 1.54) is 16.8 Å². The van der Waals surface area contributed by atoms with Gasteiger partial charge < -0.3 is 0 Å². The number of hydrazone groups is 1. The van der Waals surface area contributed by atoms with Crippen LogP contribution >= 0.6 is 27.7 Å². The van der Waals surface area contributed by atoms with Gasteiger partial charge in [-0.1, -0.05) is 57.9 Å². The van der Waals surface area contributed by atoms with Crippen LogP contribution in [0.5, 0.6) is 0 Å². The predicted octanol–water partition coefficient (Wildman–Crippen LogP) is 4.42. The number of thioether (sulfide) groups is 1. The lowest BCUT2D eigenvalue weighted by Crippen LogP contribution is -2.35. The summed E-state index contributed by atoms with van der Waals surface area (Å²) in [5.41, 5.74) is 3.15. The second-order valence-corrected chi connectivity index (χ2v) is 7.72. The van der Waals surface area contributed by atoms with Crippen LogP contribution in [0.2, 0.25) is 0 Å². The SMILES string of the molecule is Cc1ccc(C2=NN3C(=N)/C(=C/c4cccc(Br)c4)C(=O)N=C3S2)cc1. The van der Waals surface area contributed by atoms with E-state index in [0.29, 0.717) is 5.17 Å². The predicted molar refractivity (Wildman–Crippen MR) is 109 cm³/mol. The van der Waals surface area contributed by atoms with Crippen molar-refractivity contribution in [3.8, 4) is 0 Å². The van der Waals surface area contributed by atoms with E-state index in [4.69, 9.17) is 5.41 Å². The molecule has 0 radical (unpaired) electrons. The van der Waals surface area contributed by atoms with Gasteiger partial charge in [-0.05, 0) is 42.5 Å². The summed E-state index contributed by atoms with van der Waals surface area (Å²) in [6, 6.07) is 15.5. The largest absolute Gasteiger partial charge is 0.283 e. The zero-order valence-corrected chi connectivity index (χ0v) is 16.1. The fraction of sp³-hybridized carbons (Fsp3) is 0.0526. The molecular formula is C19H13BrN4OS. The Balaban J connectivity index is 1.69. The minimum absolute atomic E-state index is 0.0367. The Morgan fingerprint density at radius 2 is 1.96 bits per heavy atom. The summed E-state index contributed by atoms with van der Waals surface area (Å²) >= 11 is 4.71. The Morgan fingerprint density at radius 1 is 1.19 bits per heavy atom. The van der Waals surface area contributed by atoms with E-state index in [-0.39, 0.29) is 11.4 Å². The molecule has 2 heterocycles. The van der Waals surface area contributed by atoms with Crippen LogP contribution < -0.4 is 0 Å². The normalized spacial score (nSPS) is 18.1. The Labute approximate surface area is 163 Å². The zero-order chi connectivity index (χ0) is 18.3. The summed E-state index contributed by atoms with van der Waals surface area (Å²) in [6.45, 7) is 2.02. The van der Waals surface area contributed by atoms with Crippen LogP contribution in [0.4, 0.5) is 0 Å². The van der Waals surface area contributed by atoms with Gasteiger partial charge in [-0.2, -0.15) is 15.1 Å². The van der Waals surface area contributed by atoms with Crippen molar-refractivity contribution in [2.45, 2.75) is 6.92 Å². The topological polar surface area (TPSA) is 68.9 Å². The summed E-state index contributed by atoms with van der Waals surface area (Å²) in [6.07, 6.45) is 1.67. The average molecular weight is 425 g/mol. The van der Waals surface area contributed by atoms with Gasteiger partial charge >= 0.3 is 0 Å². The Kier molecular flexibility index (Phi) is 4.34. The monoisotopic (exact) mass is 424 g/mol. The van der Waals surface area contributed by atoms with Crippen LogP contribution in [-0.4, -0.2) is 27.0 Å². The Morgan fingerprint density at radius 3 is 2.69 bits per heavy atom. The molecule has 128 valence electrons. The number of hydrogen-bond donors (Lipinski definition) is 1. The van der Waals surface area contributed by atoms with E-state index < -0.39 is 5.91 Å². The second-order valence-electron chi connectivity index (χ2n) is 5.85. The molecule has 0 aliphatic carbocycles. The summed E-state index contributed by atoms with van der Waals surface area (Å²) in [7, 11) is 0. The first-order valence-corrected chi connectivity index (χ1v) is 9.45. The number of aliphatic imine (C=N–C) groups is 1. The molecule has 26 heavy (non-hydrogen) atoms. The molecule has 4 rings (SSSR count). The van der Waals surface area contributed by atoms with Crippen LogP contribution in [0.3, 0.4) is 0 Å². The molecule has 0 saturated carbocycles. The van der Waals surface area contributed by atoms with Gasteiger partial charge in [0.25, 0.3) is 5.91 Å². The van der Waals surface area contributed by atoms with E-state index in [1.807, 2.05) is 55.5 Å². The molecule has 2 aliphatic heterocycles. The summed E-state index contributed by atoms with van der Waals surface area (Å²) in [5, 5.41) is 15.5. The third kappa shape index (κ3) is 3.15. The maximum atomic E-state index is 12.4. The molecule has 0 spiro atoms. The Bertz CT molecular complexity index is 1020. The third-order valence-corrected chi connectivity index (χ3v) is 5.36.